The molecular weight excluding hydrogens is 260 g/mol. The largest absolute Gasteiger partial charge is 0.355 e. The third-order valence-electron chi connectivity index (χ3n) is 2.83. The molecule has 0 amide bonds. The van der Waals surface area contributed by atoms with E-state index in [0.29, 0.717) is 17.3 Å². The maximum Gasteiger partial charge on any atom is 0.137 e. The van der Waals surface area contributed by atoms with Crippen molar-refractivity contribution in [2.75, 3.05) is 11.9 Å². The molecule has 0 spiro atoms. The van der Waals surface area contributed by atoms with E-state index in [-0.39, 0.29) is 0 Å². The summed E-state index contributed by atoms with van der Waals surface area (Å²) in [6, 6.07) is 9.65. The molecule has 0 atom stereocenters. The highest BCUT2D eigenvalue weighted by Crippen LogP contribution is 2.22. The fourth-order valence-corrected chi connectivity index (χ4v) is 2.02. The van der Waals surface area contributed by atoms with E-state index in [4.69, 9.17) is 16.9 Å². The van der Waals surface area contributed by atoms with E-state index in [1.807, 2.05) is 37.1 Å². The minimum absolute atomic E-state index is 0.461. The van der Waals surface area contributed by atoms with Crippen LogP contribution < -0.4 is 4.90 Å². The minimum Gasteiger partial charge on any atom is -0.355 e. The van der Waals surface area contributed by atoms with Gasteiger partial charge in [-0.05, 0) is 24.6 Å². The lowest BCUT2D eigenvalue weighted by Crippen LogP contribution is -2.19. The zero-order valence-corrected chi connectivity index (χ0v) is 11.5. The van der Waals surface area contributed by atoms with Crippen molar-refractivity contribution in [3.05, 3.63) is 52.4 Å². The molecule has 0 fully saturated rings. The molecule has 0 N–H and O–H groups in total. The highest BCUT2D eigenvalue weighted by molar-refractivity contribution is 6.30. The molecule has 2 aromatic rings. The summed E-state index contributed by atoms with van der Waals surface area (Å²) in [5, 5.41) is 9.35. The molecule has 96 valence electrons. The number of hydrogen-bond donors (Lipinski definition) is 0. The molecule has 1 heterocycles. The van der Waals surface area contributed by atoms with Gasteiger partial charge in [0, 0.05) is 19.2 Å². The molecule has 1 aromatic heterocycles. The van der Waals surface area contributed by atoms with Crippen LogP contribution in [0, 0.1) is 18.3 Å². The van der Waals surface area contributed by atoms with E-state index >= 15 is 0 Å². The van der Waals surface area contributed by atoms with Gasteiger partial charge in [-0.25, -0.2) is 9.97 Å². The van der Waals surface area contributed by atoms with Crippen LogP contribution in [-0.2, 0) is 6.54 Å². The predicted molar refractivity (Wildman–Crippen MR) is 75.0 cm³/mol. The zero-order chi connectivity index (χ0) is 13.8. The zero-order valence-electron chi connectivity index (χ0n) is 10.8. The number of hydrogen-bond acceptors (Lipinski definition) is 4. The molecule has 0 saturated carbocycles. The van der Waals surface area contributed by atoms with Crippen molar-refractivity contribution < 1.29 is 0 Å². The van der Waals surface area contributed by atoms with Crippen LogP contribution in [0.4, 0.5) is 5.82 Å². The Balaban J connectivity index is 2.23. The predicted octanol–water partition coefficient (Wildman–Crippen LogP) is 2.95. The first-order valence-electron chi connectivity index (χ1n) is 5.79. The molecule has 0 aliphatic carbocycles. The van der Waals surface area contributed by atoms with Crippen molar-refractivity contribution in [1.82, 2.24) is 9.97 Å². The highest BCUT2D eigenvalue weighted by atomic mass is 35.5. The van der Waals surface area contributed by atoms with Crippen molar-refractivity contribution in [2.24, 2.45) is 0 Å². The second kappa shape index (κ2) is 5.68. The van der Waals surface area contributed by atoms with Gasteiger partial charge < -0.3 is 4.90 Å². The van der Waals surface area contributed by atoms with E-state index in [1.54, 1.807) is 6.07 Å². The van der Waals surface area contributed by atoms with Crippen molar-refractivity contribution in [2.45, 2.75) is 13.5 Å². The summed E-state index contributed by atoms with van der Waals surface area (Å²) in [6.07, 6.45) is 1.45. The first-order chi connectivity index (χ1) is 9.11. The van der Waals surface area contributed by atoms with Gasteiger partial charge in [-0.3, -0.25) is 0 Å². The molecule has 1 aromatic carbocycles. The third kappa shape index (κ3) is 3.01. The lowest BCUT2D eigenvalue weighted by Gasteiger charge is -2.20. The van der Waals surface area contributed by atoms with E-state index in [2.05, 4.69) is 16.0 Å². The Hall–Kier alpha value is -2.12. The maximum atomic E-state index is 8.89. The Morgan fingerprint density at radius 2 is 2.16 bits per heavy atom. The summed E-state index contributed by atoms with van der Waals surface area (Å²) < 4.78 is 0. The SMILES string of the molecule is Cc1c(Cl)ncnc1N(C)Cc1cccc(C#N)c1. The Labute approximate surface area is 117 Å². The van der Waals surface area contributed by atoms with Crippen LogP contribution >= 0.6 is 11.6 Å². The summed E-state index contributed by atoms with van der Waals surface area (Å²) in [7, 11) is 1.94. The average Bonchev–Trinajstić information content (AvgIpc) is 2.42. The second-order valence-electron chi connectivity index (χ2n) is 4.28. The Morgan fingerprint density at radius 1 is 1.37 bits per heavy atom. The number of halogens is 1. The van der Waals surface area contributed by atoms with Crippen LogP contribution in [0.25, 0.3) is 0 Å². The van der Waals surface area contributed by atoms with Crippen molar-refractivity contribution >= 4 is 17.4 Å². The van der Waals surface area contributed by atoms with Gasteiger partial charge in [0.15, 0.2) is 0 Å². The number of rotatable bonds is 3. The summed E-state index contributed by atoms with van der Waals surface area (Å²) in [6.45, 7) is 2.55. The number of nitrogens with zero attached hydrogens (tertiary/aromatic N) is 4. The van der Waals surface area contributed by atoms with E-state index in [1.165, 1.54) is 6.33 Å². The first kappa shape index (κ1) is 13.3. The van der Waals surface area contributed by atoms with Crippen LogP contribution in [-0.4, -0.2) is 17.0 Å². The smallest absolute Gasteiger partial charge is 0.137 e. The first-order valence-corrected chi connectivity index (χ1v) is 6.17. The number of anilines is 1. The number of aromatic nitrogens is 2. The average molecular weight is 273 g/mol. The van der Waals surface area contributed by atoms with Gasteiger partial charge in [0.05, 0.1) is 11.6 Å². The lowest BCUT2D eigenvalue weighted by atomic mass is 10.1. The molecule has 19 heavy (non-hydrogen) atoms. The van der Waals surface area contributed by atoms with Crippen LogP contribution in [0.5, 0.6) is 0 Å². The molecule has 0 aliphatic heterocycles. The normalized spacial score (nSPS) is 10.0. The van der Waals surface area contributed by atoms with Gasteiger partial charge in [0.2, 0.25) is 0 Å². The molecule has 5 heteroatoms. The monoisotopic (exact) mass is 272 g/mol. The standard InChI is InChI=1S/C14H13ClN4/c1-10-13(15)17-9-18-14(10)19(2)8-12-5-3-4-11(6-12)7-16/h3-6,9H,8H2,1-2H3. The van der Waals surface area contributed by atoms with Crippen molar-refractivity contribution in [3.63, 3.8) is 0 Å². The third-order valence-corrected chi connectivity index (χ3v) is 3.21. The van der Waals surface area contributed by atoms with Crippen LogP contribution in [0.3, 0.4) is 0 Å². The maximum absolute atomic E-state index is 8.89. The van der Waals surface area contributed by atoms with Crippen LogP contribution in [0.2, 0.25) is 5.15 Å². The Bertz CT molecular complexity index is 634. The van der Waals surface area contributed by atoms with E-state index in [0.717, 1.165) is 16.9 Å². The van der Waals surface area contributed by atoms with Gasteiger partial charge in [0.25, 0.3) is 0 Å². The molecule has 0 radical (unpaired) electrons. The summed E-state index contributed by atoms with van der Waals surface area (Å²) in [5.74, 6) is 0.794. The molecule has 0 unspecified atom stereocenters. The lowest BCUT2D eigenvalue weighted by molar-refractivity contribution is 0.882. The summed E-state index contributed by atoms with van der Waals surface area (Å²) >= 11 is 5.99. The number of benzene rings is 1. The second-order valence-corrected chi connectivity index (χ2v) is 4.64. The van der Waals surface area contributed by atoms with Crippen molar-refractivity contribution in [3.8, 4) is 6.07 Å². The van der Waals surface area contributed by atoms with E-state index < -0.39 is 0 Å². The Kier molecular flexibility index (Phi) is 3.98. The molecule has 0 bridgehead atoms. The summed E-state index contributed by atoms with van der Waals surface area (Å²) in [4.78, 5) is 10.2. The quantitative estimate of drug-likeness (QED) is 0.806. The van der Waals surface area contributed by atoms with Crippen LogP contribution in [0.1, 0.15) is 16.7 Å². The molecule has 2 rings (SSSR count). The van der Waals surface area contributed by atoms with Gasteiger partial charge in [0.1, 0.15) is 17.3 Å². The van der Waals surface area contributed by atoms with E-state index in [9.17, 15) is 0 Å². The molecule has 4 nitrogen and oxygen atoms in total. The van der Waals surface area contributed by atoms with Crippen molar-refractivity contribution in [1.29, 1.82) is 5.26 Å². The molecule has 0 aliphatic rings. The molecule has 0 saturated heterocycles. The van der Waals surface area contributed by atoms with Gasteiger partial charge >= 0.3 is 0 Å². The minimum atomic E-state index is 0.461. The Morgan fingerprint density at radius 3 is 2.89 bits per heavy atom. The highest BCUT2D eigenvalue weighted by Gasteiger charge is 2.10. The fourth-order valence-electron chi connectivity index (χ4n) is 1.89. The summed E-state index contributed by atoms with van der Waals surface area (Å²) in [5.41, 5.74) is 2.56. The topological polar surface area (TPSA) is 52.8 Å². The van der Waals surface area contributed by atoms with Gasteiger partial charge in [-0.2, -0.15) is 5.26 Å². The van der Waals surface area contributed by atoms with Crippen LogP contribution in [0.15, 0.2) is 30.6 Å². The van der Waals surface area contributed by atoms with Gasteiger partial charge in [-0.15, -0.1) is 0 Å². The fraction of sp³-hybridized carbons (Fsp3) is 0.214. The number of nitriles is 1. The molecular formula is C14H13ClN4. The van der Waals surface area contributed by atoms with Gasteiger partial charge in [-0.1, -0.05) is 23.7 Å².